The van der Waals surface area contributed by atoms with Crippen molar-refractivity contribution in [1.82, 2.24) is 5.32 Å². The maximum absolute atomic E-state index is 3.24. The summed E-state index contributed by atoms with van der Waals surface area (Å²) >= 11 is 0. The van der Waals surface area contributed by atoms with Gasteiger partial charge in [-0.3, -0.25) is 0 Å². The zero-order valence-electron chi connectivity index (χ0n) is 12.1. The van der Waals surface area contributed by atoms with Crippen LogP contribution in [0.1, 0.15) is 16.7 Å². The van der Waals surface area contributed by atoms with Gasteiger partial charge in [-0.2, -0.15) is 0 Å². The van der Waals surface area contributed by atoms with Crippen LogP contribution in [0.2, 0.25) is 0 Å². The highest BCUT2D eigenvalue weighted by molar-refractivity contribution is 5.58. The number of likely N-dealkylation sites (N-methyl/N-ethyl adjacent to an activating group) is 1. The number of hydrogen-bond acceptors (Lipinski definition) is 2. The van der Waals surface area contributed by atoms with Gasteiger partial charge in [-0.05, 0) is 49.2 Å². The topological polar surface area (TPSA) is 15.3 Å². The van der Waals surface area contributed by atoms with Crippen LogP contribution < -0.4 is 10.2 Å². The number of rotatable bonds is 5. The summed E-state index contributed by atoms with van der Waals surface area (Å²) in [6.45, 7) is 3.20. The van der Waals surface area contributed by atoms with Gasteiger partial charge in [-0.15, -0.1) is 0 Å². The molecule has 2 heteroatoms. The van der Waals surface area contributed by atoms with Crippen LogP contribution in [0, 0.1) is 0 Å². The number of nitrogens with zero attached hydrogens (tertiary/aromatic N) is 1. The molecule has 0 radical (unpaired) electrons. The summed E-state index contributed by atoms with van der Waals surface area (Å²) in [5.74, 6) is 0. The van der Waals surface area contributed by atoms with E-state index in [1.54, 1.807) is 0 Å². The van der Waals surface area contributed by atoms with Crippen molar-refractivity contribution in [2.45, 2.75) is 19.4 Å². The Kier molecular flexibility index (Phi) is 4.03. The molecule has 1 heterocycles. The summed E-state index contributed by atoms with van der Waals surface area (Å²) in [5.41, 5.74) is 5.82. The zero-order chi connectivity index (χ0) is 13.8. The van der Waals surface area contributed by atoms with E-state index in [0.717, 1.165) is 26.1 Å². The molecule has 0 saturated heterocycles. The summed E-state index contributed by atoms with van der Waals surface area (Å²) in [5, 5.41) is 3.24. The minimum atomic E-state index is 1.02. The highest BCUT2D eigenvalue weighted by Crippen LogP contribution is 2.29. The summed E-state index contributed by atoms with van der Waals surface area (Å²) in [6.07, 6.45) is 2.27. The Morgan fingerprint density at radius 2 is 1.75 bits per heavy atom. The SMILES string of the molecule is CNCCc1ccccc1CN1CCc2ccccc21. The largest absolute Gasteiger partial charge is 0.367 e. The van der Waals surface area contributed by atoms with E-state index in [0.29, 0.717) is 0 Å². The molecule has 3 rings (SSSR count). The van der Waals surface area contributed by atoms with Gasteiger partial charge >= 0.3 is 0 Å². The smallest absolute Gasteiger partial charge is 0.0432 e. The van der Waals surface area contributed by atoms with Crippen LogP contribution in [0.4, 0.5) is 5.69 Å². The third kappa shape index (κ3) is 2.70. The molecule has 0 unspecified atom stereocenters. The predicted molar refractivity (Wildman–Crippen MR) is 85.3 cm³/mol. The fraction of sp³-hybridized carbons (Fsp3) is 0.333. The Balaban J connectivity index is 1.79. The van der Waals surface area contributed by atoms with Gasteiger partial charge in [0.1, 0.15) is 0 Å². The monoisotopic (exact) mass is 266 g/mol. The Bertz CT molecular complexity index is 577. The van der Waals surface area contributed by atoms with E-state index in [1.807, 2.05) is 7.05 Å². The van der Waals surface area contributed by atoms with Crippen LogP contribution in [0.5, 0.6) is 0 Å². The van der Waals surface area contributed by atoms with E-state index in [-0.39, 0.29) is 0 Å². The van der Waals surface area contributed by atoms with Crippen LogP contribution in [0.3, 0.4) is 0 Å². The van der Waals surface area contributed by atoms with Crippen LogP contribution in [0.15, 0.2) is 48.5 Å². The fourth-order valence-electron chi connectivity index (χ4n) is 2.99. The number of nitrogens with one attached hydrogen (secondary N) is 1. The highest BCUT2D eigenvalue weighted by atomic mass is 15.1. The molecule has 0 spiro atoms. The van der Waals surface area contributed by atoms with E-state index in [4.69, 9.17) is 0 Å². The Morgan fingerprint density at radius 1 is 1.00 bits per heavy atom. The lowest BCUT2D eigenvalue weighted by molar-refractivity contribution is 0.772. The molecule has 1 aliphatic rings. The molecule has 0 saturated carbocycles. The summed E-state index contributed by atoms with van der Waals surface area (Å²) in [6, 6.07) is 17.6. The lowest BCUT2D eigenvalue weighted by Gasteiger charge is -2.21. The van der Waals surface area contributed by atoms with Crippen molar-refractivity contribution >= 4 is 5.69 Å². The van der Waals surface area contributed by atoms with Crippen LogP contribution in [0.25, 0.3) is 0 Å². The quantitative estimate of drug-likeness (QED) is 0.895. The molecule has 1 aliphatic heterocycles. The first-order valence-electron chi connectivity index (χ1n) is 7.42. The number of benzene rings is 2. The number of fused-ring (bicyclic) bond motifs is 1. The zero-order valence-corrected chi connectivity index (χ0v) is 12.1. The Hall–Kier alpha value is -1.80. The van der Waals surface area contributed by atoms with Crippen molar-refractivity contribution in [3.63, 3.8) is 0 Å². The lowest BCUT2D eigenvalue weighted by atomic mass is 10.0. The van der Waals surface area contributed by atoms with E-state index >= 15 is 0 Å². The maximum Gasteiger partial charge on any atom is 0.0432 e. The molecule has 0 aliphatic carbocycles. The van der Waals surface area contributed by atoms with Gasteiger partial charge < -0.3 is 10.2 Å². The summed E-state index contributed by atoms with van der Waals surface area (Å²) in [7, 11) is 2.01. The average Bonchev–Trinajstić information content (AvgIpc) is 2.90. The van der Waals surface area contributed by atoms with Crippen molar-refractivity contribution in [1.29, 1.82) is 0 Å². The molecule has 2 aromatic rings. The van der Waals surface area contributed by atoms with Crippen LogP contribution >= 0.6 is 0 Å². The molecular formula is C18H22N2. The highest BCUT2D eigenvalue weighted by Gasteiger charge is 2.18. The molecule has 2 nitrogen and oxygen atoms in total. The van der Waals surface area contributed by atoms with Gasteiger partial charge in [0.15, 0.2) is 0 Å². The third-order valence-corrected chi connectivity index (χ3v) is 4.11. The van der Waals surface area contributed by atoms with Crippen molar-refractivity contribution in [3.8, 4) is 0 Å². The van der Waals surface area contributed by atoms with E-state index in [2.05, 4.69) is 58.7 Å². The normalized spacial score (nSPS) is 13.6. The van der Waals surface area contributed by atoms with E-state index in [1.165, 1.54) is 28.8 Å². The molecule has 0 amide bonds. The van der Waals surface area contributed by atoms with Crippen molar-refractivity contribution < 1.29 is 0 Å². The van der Waals surface area contributed by atoms with Gasteiger partial charge in [-0.25, -0.2) is 0 Å². The molecule has 2 aromatic carbocycles. The molecule has 0 fully saturated rings. The minimum absolute atomic E-state index is 1.02. The van der Waals surface area contributed by atoms with Crippen molar-refractivity contribution in [3.05, 3.63) is 65.2 Å². The molecular weight excluding hydrogens is 244 g/mol. The fourth-order valence-corrected chi connectivity index (χ4v) is 2.99. The van der Waals surface area contributed by atoms with Crippen molar-refractivity contribution in [2.24, 2.45) is 0 Å². The molecule has 1 N–H and O–H groups in total. The minimum Gasteiger partial charge on any atom is -0.367 e. The molecule has 0 bridgehead atoms. The second-order valence-corrected chi connectivity index (χ2v) is 5.42. The number of para-hydroxylation sites is 1. The summed E-state index contributed by atoms with van der Waals surface area (Å²) < 4.78 is 0. The van der Waals surface area contributed by atoms with Gasteiger partial charge in [0.2, 0.25) is 0 Å². The first-order chi connectivity index (χ1) is 9.88. The molecule has 104 valence electrons. The Morgan fingerprint density at radius 3 is 2.60 bits per heavy atom. The van der Waals surface area contributed by atoms with E-state index in [9.17, 15) is 0 Å². The van der Waals surface area contributed by atoms with Gasteiger partial charge in [0.25, 0.3) is 0 Å². The predicted octanol–water partition coefficient (Wildman–Crippen LogP) is 3.01. The lowest BCUT2D eigenvalue weighted by Crippen LogP contribution is -2.21. The first kappa shape index (κ1) is 13.2. The van der Waals surface area contributed by atoms with Crippen LogP contribution in [-0.4, -0.2) is 20.1 Å². The standard InChI is InChI=1S/C18H22N2/c1-19-12-10-15-6-2-3-8-17(15)14-20-13-11-16-7-4-5-9-18(16)20/h2-9,19H,10-14H2,1H3. The Labute approximate surface area is 121 Å². The summed E-state index contributed by atoms with van der Waals surface area (Å²) in [4.78, 5) is 2.51. The molecule has 20 heavy (non-hydrogen) atoms. The third-order valence-electron chi connectivity index (χ3n) is 4.11. The molecule has 0 aromatic heterocycles. The van der Waals surface area contributed by atoms with Crippen LogP contribution in [-0.2, 0) is 19.4 Å². The average molecular weight is 266 g/mol. The first-order valence-corrected chi connectivity index (χ1v) is 7.42. The number of anilines is 1. The van der Waals surface area contributed by atoms with Crippen molar-refractivity contribution in [2.75, 3.05) is 25.0 Å². The van der Waals surface area contributed by atoms with Gasteiger partial charge in [-0.1, -0.05) is 42.5 Å². The molecule has 0 atom stereocenters. The van der Waals surface area contributed by atoms with E-state index < -0.39 is 0 Å². The number of hydrogen-bond donors (Lipinski definition) is 1. The second-order valence-electron chi connectivity index (χ2n) is 5.42. The maximum atomic E-state index is 3.24. The second kappa shape index (κ2) is 6.10. The van der Waals surface area contributed by atoms with Gasteiger partial charge in [0, 0.05) is 18.8 Å². The van der Waals surface area contributed by atoms with Gasteiger partial charge in [0.05, 0.1) is 0 Å².